The van der Waals surface area contributed by atoms with E-state index in [2.05, 4.69) is 33.6 Å². The van der Waals surface area contributed by atoms with Crippen molar-refractivity contribution in [1.82, 2.24) is 5.32 Å². The maximum absolute atomic E-state index is 10.9. The third-order valence-corrected chi connectivity index (χ3v) is 2.68. The zero-order valence-electron chi connectivity index (χ0n) is 10.3. The second-order valence-electron chi connectivity index (χ2n) is 3.87. The number of carbonyl (C=O) groups is 1. The molecule has 0 unspecified atom stereocenters. The van der Waals surface area contributed by atoms with E-state index < -0.39 is 6.09 Å². The van der Waals surface area contributed by atoms with Crippen LogP contribution in [0.2, 0.25) is 0 Å². The molecule has 0 aromatic heterocycles. The summed E-state index contributed by atoms with van der Waals surface area (Å²) in [5.41, 5.74) is 1.07. The number of ether oxygens (including phenoxy) is 1. The first-order valence-electron chi connectivity index (χ1n) is 5.84. The molecule has 2 rings (SSSR count). The highest BCUT2D eigenvalue weighted by Gasteiger charge is 2.00. The summed E-state index contributed by atoms with van der Waals surface area (Å²) in [6, 6.07) is 14.3. The SMILES string of the molecule is COC(=O)NCCNc1cccc2ccccc12. The largest absolute Gasteiger partial charge is 0.453 e. The number of hydrogen-bond donors (Lipinski definition) is 2. The minimum Gasteiger partial charge on any atom is -0.453 e. The normalized spacial score (nSPS) is 10.1. The molecule has 0 bridgehead atoms. The Bertz CT molecular complexity index is 535. The summed E-state index contributed by atoms with van der Waals surface area (Å²) in [6.45, 7) is 1.18. The van der Waals surface area contributed by atoms with Crippen molar-refractivity contribution in [3.63, 3.8) is 0 Å². The van der Waals surface area contributed by atoms with E-state index in [4.69, 9.17) is 0 Å². The molecule has 0 radical (unpaired) electrons. The zero-order chi connectivity index (χ0) is 12.8. The molecule has 4 nitrogen and oxygen atoms in total. The molecule has 0 aliphatic rings. The fourth-order valence-electron chi connectivity index (χ4n) is 1.81. The van der Waals surface area contributed by atoms with Gasteiger partial charge in [-0.2, -0.15) is 0 Å². The number of carbonyl (C=O) groups excluding carboxylic acids is 1. The van der Waals surface area contributed by atoms with Gasteiger partial charge in [0.1, 0.15) is 0 Å². The van der Waals surface area contributed by atoms with Gasteiger partial charge < -0.3 is 15.4 Å². The summed E-state index contributed by atoms with van der Waals surface area (Å²) in [5.74, 6) is 0. The molecule has 0 spiro atoms. The summed E-state index contributed by atoms with van der Waals surface area (Å²) in [7, 11) is 1.35. The number of rotatable bonds is 4. The first-order chi connectivity index (χ1) is 8.81. The Morgan fingerprint density at radius 1 is 1.11 bits per heavy atom. The van der Waals surface area contributed by atoms with Gasteiger partial charge in [0.2, 0.25) is 0 Å². The van der Waals surface area contributed by atoms with Crippen molar-refractivity contribution in [3.8, 4) is 0 Å². The van der Waals surface area contributed by atoms with Gasteiger partial charge in [0.25, 0.3) is 0 Å². The van der Waals surface area contributed by atoms with E-state index in [1.165, 1.54) is 17.9 Å². The number of nitrogens with one attached hydrogen (secondary N) is 2. The second kappa shape index (κ2) is 5.91. The maximum atomic E-state index is 10.9. The van der Waals surface area contributed by atoms with Crippen molar-refractivity contribution >= 4 is 22.6 Å². The molecule has 0 fully saturated rings. The summed E-state index contributed by atoms with van der Waals surface area (Å²) < 4.78 is 4.49. The van der Waals surface area contributed by atoms with Crippen LogP contribution in [0.3, 0.4) is 0 Å². The number of fused-ring (bicyclic) bond motifs is 1. The molecule has 2 aromatic carbocycles. The molecule has 0 aliphatic carbocycles. The molecule has 2 aromatic rings. The minimum atomic E-state index is -0.408. The number of alkyl carbamates (subject to hydrolysis) is 1. The predicted molar refractivity (Wildman–Crippen MR) is 72.8 cm³/mol. The molecule has 4 heteroatoms. The molecular weight excluding hydrogens is 228 g/mol. The van der Waals surface area contributed by atoms with Gasteiger partial charge in [0, 0.05) is 24.2 Å². The molecule has 0 saturated heterocycles. The number of anilines is 1. The zero-order valence-corrected chi connectivity index (χ0v) is 10.3. The molecule has 18 heavy (non-hydrogen) atoms. The Morgan fingerprint density at radius 3 is 2.72 bits per heavy atom. The van der Waals surface area contributed by atoms with E-state index in [1.54, 1.807) is 0 Å². The van der Waals surface area contributed by atoms with Crippen LogP contribution in [-0.2, 0) is 4.74 Å². The van der Waals surface area contributed by atoms with Crippen LogP contribution in [0.4, 0.5) is 10.5 Å². The summed E-state index contributed by atoms with van der Waals surface area (Å²) in [6.07, 6.45) is -0.408. The molecule has 0 saturated carbocycles. The van der Waals surface area contributed by atoms with Gasteiger partial charge >= 0.3 is 6.09 Å². The van der Waals surface area contributed by atoms with Crippen LogP contribution in [0.5, 0.6) is 0 Å². The van der Waals surface area contributed by atoms with Crippen LogP contribution in [0.1, 0.15) is 0 Å². The average Bonchev–Trinajstić information content (AvgIpc) is 2.43. The molecule has 94 valence electrons. The van der Waals surface area contributed by atoms with Crippen molar-refractivity contribution in [3.05, 3.63) is 42.5 Å². The van der Waals surface area contributed by atoms with Crippen molar-refractivity contribution in [1.29, 1.82) is 0 Å². The quantitative estimate of drug-likeness (QED) is 0.813. The Morgan fingerprint density at radius 2 is 1.89 bits per heavy atom. The molecule has 2 N–H and O–H groups in total. The third kappa shape index (κ3) is 2.91. The smallest absolute Gasteiger partial charge is 0.406 e. The number of methoxy groups -OCH3 is 1. The van der Waals surface area contributed by atoms with Crippen LogP contribution >= 0.6 is 0 Å². The highest BCUT2D eigenvalue weighted by Crippen LogP contribution is 2.22. The lowest BCUT2D eigenvalue weighted by molar-refractivity contribution is 0.171. The van der Waals surface area contributed by atoms with E-state index in [0.717, 1.165) is 5.69 Å². The first-order valence-corrected chi connectivity index (χ1v) is 5.84. The van der Waals surface area contributed by atoms with Gasteiger partial charge in [-0.1, -0.05) is 36.4 Å². The lowest BCUT2D eigenvalue weighted by Gasteiger charge is -2.10. The van der Waals surface area contributed by atoms with Crippen LogP contribution in [-0.4, -0.2) is 26.3 Å². The van der Waals surface area contributed by atoms with E-state index in [9.17, 15) is 4.79 Å². The highest BCUT2D eigenvalue weighted by atomic mass is 16.5. The van der Waals surface area contributed by atoms with E-state index >= 15 is 0 Å². The highest BCUT2D eigenvalue weighted by molar-refractivity contribution is 5.93. The van der Waals surface area contributed by atoms with Crippen molar-refractivity contribution in [2.24, 2.45) is 0 Å². The Labute approximate surface area is 106 Å². The van der Waals surface area contributed by atoms with Crippen LogP contribution < -0.4 is 10.6 Å². The van der Waals surface area contributed by atoms with Gasteiger partial charge in [0.15, 0.2) is 0 Å². The Kier molecular flexibility index (Phi) is 4.02. The lowest BCUT2D eigenvalue weighted by Crippen LogP contribution is -2.28. The molecule has 0 aliphatic heterocycles. The molecule has 0 heterocycles. The Balaban J connectivity index is 1.97. The fourth-order valence-corrected chi connectivity index (χ4v) is 1.81. The lowest BCUT2D eigenvalue weighted by atomic mass is 10.1. The van der Waals surface area contributed by atoms with Crippen LogP contribution in [0.15, 0.2) is 42.5 Å². The van der Waals surface area contributed by atoms with Crippen molar-refractivity contribution in [2.45, 2.75) is 0 Å². The average molecular weight is 244 g/mol. The topological polar surface area (TPSA) is 50.4 Å². The minimum absolute atomic E-state index is 0.408. The van der Waals surface area contributed by atoms with Crippen LogP contribution in [0.25, 0.3) is 10.8 Å². The van der Waals surface area contributed by atoms with E-state index in [0.29, 0.717) is 13.1 Å². The molecule has 0 atom stereocenters. The van der Waals surface area contributed by atoms with Crippen molar-refractivity contribution in [2.75, 3.05) is 25.5 Å². The maximum Gasteiger partial charge on any atom is 0.406 e. The molecule has 1 amide bonds. The number of benzene rings is 2. The first kappa shape index (κ1) is 12.2. The fraction of sp³-hybridized carbons (Fsp3) is 0.214. The second-order valence-corrected chi connectivity index (χ2v) is 3.87. The summed E-state index contributed by atoms with van der Waals surface area (Å²) in [5, 5.41) is 8.30. The Hall–Kier alpha value is -2.23. The van der Waals surface area contributed by atoms with Gasteiger partial charge in [-0.15, -0.1) is 0 Å². The predicted octanol–water partition coefficient (Wildman–Crippen LogP) is 2.61. The van der Waals surface area contributed by atoms with Crippen LogP contribution in [0, 0.1) is 0 Å². The standard InChI is InChI=1S/C14H16N2O2/c1-18-14(17)16-10-9-15-13-8-4-6-11-5-2-3-7-12(11)13/h2-8,15H,9-10H2,1H3,(H,16,17). The molecular formula is C14H16N2O2. The monoisotopic (exact) mass is 244 g/mol. The number of hydrogen-bond acceptors (Lipinski definition) is 3. The van der Waals surface area contributed by atoms with Gasteiger partial charge in [-0.25, -0.2) is 4.79 Å². The van der Waals surface area contributed by atoms with E-state index in [-0.39, 0.29) is 0 Å². The van der Waals surface area contributed by atoms with E-state index in [1.807, 2.05) is 24.3 Å². The summed E-state index contributed by atoms with van der Waals surface area (Å²) in [4.78, 5) is 10.9. The summed E-state index contributed by atoms with van der Waals surface area (Å²) >= 11 is 0. The number of amides is 1. The van der Waals surface area contributed by atoms with Gasteiger partial charge in [-0.05, 0) is 11.5 Å². The van der Waals surface area contributed by atoms with Gasteiger partial charge in [-0.3, -0.25) is 0 Å². The third-order valence-electron chi connectivity index (χ3n) is 2.68. The van der Waals surface area contributed by atoms with Gasteiger partial charge in [0.05, 0.1) is 7.11 Å². The van der Waals surface area contributed by atoms with Crippen molar-refractivity contribution < 1.29 is 9.53 Å².